The van der Waals surface area contributed by atoms with Crippen LogP contribution < -0.4 is 5.73 Å². The summed E-state index contributed by atoms with van der Waals surface area (Å²) >= 11 is 5.73. The molecule has 0 aliphatic rings. The number of nitro benzene ring substituents is 1. The molecule has 1 rings (SSSR count). The quantitative estimate of drug-likeness (QED) is 0.380. The van der Waals surface area contributed by atoms with E-state index in [0.29, 0.717) is 0 Å². The van der Waals surface area contributed by atoms with E-state index in [1.807, 2.05) is 0 Å². The van der Waals surface area contributed by atoms with E-state index < -0.39 is 10.9 Å². The van der Waals surface area contributed by atoms with Crippen LogP contribution in [0.25, 0.3) is 0 Å². The number of anilines is 1. The van der Waals surface area contributed by atoms with Crippen molar-refractivity contribution in [3.63, 3.8) is 0 Å². The molecule has 0 spiro atoms. The Kier molecular flexibility index (Phi) is 3.68. The molecule has 86 valence electrons. The van der Waals surface area contributed by atoms with E-state index in [0.717, 1.165) is 12.1 Å². The molecule has 0 saturated heterocycles. The summed E-state index contributed by atoms with van der Waals surface area (Å²) in [5.74, 6) is -0.712. The Morgan fingerprint density at radius 1 is 1.62 bits per heavy atom. The molecular formula is C9H9ClN2O4. The maximum Gasteiger partial charge on any atom is 0.339 e. The molecule has 6 nitrogen and oxygen atoms in total. The van der Waals surface area contributed by atoms with Gasteiger partial charge in [-0.1, -0.05) is 11.6 Å². The van der Waals surface area contributed by atoms with Crippen LogP contribution in [0.3, 0.4) is 0 Å². The number of hydrogen-bond donors (Lipinski definition) is 1. The van der Waals surface area contributed by atoms with Crippen LogP contribution in [0, 0.1) is 10.1 Å². The smallest absolute Gasteiger partial charge is 0.339 e. The summed E-state index contributed by atoms with van der Waals surface area (Å²) in [5, 5.41) is 10.6. The van der Waals surface area contributed by atoms with Gasteiger partial charge in [0.15, 0.2) is 0 Å². The minimum atomic E-state index is -0.712. The maximum atomic E-state index is 11.4. The van der Waals surface area contributed by atoms with Crippen molar-refractivity contribution in [1.82, 2.24) is 0 Å². The zero-order valence-electron chi connectivity index (χ0n) is 8.40. The van der Waals surface area contributed by atoms with Crippen molar-refractivity contribution in [2.24, 2.45) is 0 Å². The fraction of sp³-hybridized carbons (Fsp3) is 0.222. The number of nitro groups is 1. The molecule has 16 heavy (non-hydrogen) atoms. The first kappa shape index (κ1) is 12.3. The average Bonchev–Trinajstić information content (AvgIpc) is 2.17. The van der Waals surface area contributed by atoms with E-state index in [4.69, 9.17) is 22.1 Å². The molecule has 0 fully saturated rings. The summed E-state index contributed by atoms with van der Waals surface area (Å²) < 4.78 is 4.70. The zero-order valence-corrected chi connectivity index (χ0v) is 9.15. The minimum Gasteiger partial charge on any atom is -0.462 e. The Morgan fingerprint density at radius 2 is 2.25 bits per heavy atom. The second-order valence-electron chi connectivity index (χ2n) is 2.87. The number of hydrogen-bond acceptors (Lipinski definition) is 5. The molecule has 0 atom stereocenters. The van der Waals surface area contributed by atoms with Gasteiger partial charge in [0.1, 0.15) is 5.69 Å². The summed E-state index contributed by atoms with van der Waals surface area (Å²) in [5.41, 5.74) is 4.86. The van der Waals surface area contributed by atoms with Crippen molar-refractivity contribution in [2.45, 2.75) is 6.92 Å². The normalized spacial score (nSPS) is 9.88. The van der Waals surface area contributed by atoms with Gasteiger partial charge in [0, 0.05) is 6.07 Å². The number of nitrogens with zero attached hydrogens (tertiary/aromatic N) is 1. The lowest BCUT2D eigenvalue weighted by Crippen LogP contribution is -2.07. The highest BCUT2D eigenvalue weighted by atomic mass is 35.5. The Morgan fingerprint density at radius 3 is 2.75 bits per heavy atom. The van der Waals surface area contributed by atoms with Crippen LogP contribution in [0.1, 0.15) is 17.3 Å². The van der Waals surface area contributed by atoms with Gasteiger partial charge in [0.2, 0.25) is 0 Å². The van der Waals surface area contributed by atoms with Crippen molar-refractivity contribution in [3.8, 4) is 0 Å². The Bertz CT molecular complexity index is 447. The summed E-state index contributed by atoms with van der Waals surface area (Å²) in [6, 6.07) is 2.17. The molecule has 0 unspecified atom stereocenters. The lowest BCUT2D eigenvalue weighted by Gasteiger charge is -2.05. The van der Waals surface area contributed by atoms with Gasteiger partial charge in [-0.05, 0) is 13.0 Å². The first-order valence-corrected chi connectivity index (χ1v) is 4.75. The van der Waals surface area contributed by atoms with Crippen LogP contribution in [0.5, 0.6) is 0 Å². The van der Waals surface area contributed by atoms with Gasteiger partial charge in [-0.2, -0.15) is 0 Å². The van der Waals surface area contributed by atoms with E-state index >= 15 is 0 Å². The molecule has 1 aromatic carbocycles. The van der Waals surface area contributed by atoms with Gasteiger partial charge in [0.25, 0.3) is 5.69 Å². The summed E-state index contributed by atoms with van der Waals surface area (Å²) in [7, 11) is 0. The predicted molar refractivity (Wildman–Crippen MR) is 58.5 cm³/mol. The lowest BCUT2D eigenvalue weighted by molar-refractivity contribution is -0.383. The number of esters is 1. The highest BCUT2D eigenvalue weighted by molar-refractivity contribution is 6.34. The van der Waals surface area contributed by atoms with E-state index in [9.17, 15) is 14.9 Å². The zero-order chi connectivity index (χ0) is 12.3. The van der Waals surface area contributed by atoms with Crippen molar-refractivity contribution < 1.29 is 14.5 Å². The molecule has 0 aliphatic carbocycles. The van der Waals surface area contributed by atoms with Crippen LogP contribution in [-0.4, -0.2) is 17.5 Å². The number of nitrogen functional groups attached to an aromatic ring is 1. The lowest BCUT2D eigenvalue weighted by atomic mass is 10.1. The number of benzene rings is 1. The molecule has 0 radical (unpaired) electrons. The second-order valence-corrected chi connectivity index (χ2v) is 3.28. The summed E-state index contributed by atoms with van der Waals surface area (Å²) in [6.45, 7) is 1.78. The Balaban J connectivity index is 3.24. The first-order chi connectivity index (χ1) is 7.47. The monoisotopic (exact) mass is 244 g/mol. The van der Waals surface area contributed by atoms with Gasteiger partial charge in [-0.25, -0.2) is 4.79 Å². The Hall–Kier alpha value is -1.82. The van der Waals surface area contributed by atoms with Crippen LogP contribution in [-0.2, 0) is 4.74 Å². The first-order valence-electron chi connectivity index (χ1n) is 4.38. The summed E-state index contributed by atoms with van der Waals surface area (Å²) in [6.07, 6.45) is 0. The van der Waals surface area contributed by atoms with E-state index in [1.165, 1.54) is 0 Å². The van der Waals surface area contributed by atoms with Crippen LogP contribution in [0.15, 0.2) is 12.1 Å². The number of halogens is 1. The fourth-order valence-electron chi connectivity index (χ4n) is 1.10. The molecule has 0 heterocycles. The SMILES string of the molecule is CCOC(=O)c1cc([N+](=O)[O-])c(N)cc1Cl. The van der Waals surface area contributed by atoms with Crippen molar-refractivity contribution in [3.05, 3.63) is 32.8 Å². The average molecular weight is 245 g/mol. The fourth-order valence-corrected chi connectivity index (χ4v) is 1.35. The van der Waals surface area contributed by atoms with Crippen molar-refractivity contribution >= 4 is 28.9 Å². The van der Waals surface area contributed by atoms with Crippen molar-refractivity contribution in [2.75, 3.05) is 12.3 Å². The van der Waals surface area contributed by atoms with Crippen LogP contribution >= 0.6 is 11.6 Å². The second kappa shape index (κ2) is 4.80. The van der Waals surface area contributed by atoms with Gasteiger partial charge < -0.3 is 10.5 Å². The minimum absolute atomic E-state index is 0.0292. The highest BCUT2D eigenvalue weighted by Crippen LogP contribution is 2.29. The topological polar surface area (TPSA) is 95.5 Å². The predicted octanol–water partition coefficient (Wildman–Crippen LogP) is 2.01. The standard InChI is InChI=1S/C9H9ClN2O4/c1-2-16-9(13)5-3-8(12(14)15)7(11)4-6(5)10/h3-4H,2,11H2,1H3. The van der Waals surface area contributed by atoms with Crippen molar-refractivity contribution in [1.29, 1.82) is 0 Å². The van der Waals surface area contributed by atoms with Crippen LogP contribution in [0.2, 0.25) is 5.02 Å². The summed E-state index contributed by atoms with van der Waals surface area (Å²) in [4.78, 5) is 21.3. The van der Waals surface area contributed by atoms with Gasteiger partial charge in [0.05, 0.1) is 22.1 Å². The number of carbonyl (C=O) groups is 1. The highest BCUT2D eigenvalue weighted by Gasteiger charge is 2.20. The number of rotatable bonds is 3. The van der Waals surface area contributed by atoms with E-state index in [2.05, 4.69) is 0 Å². The third kappa shape index (κ3) is 2.40. The molecule has 0 amide bonds. The molecule has 0 aromatic heterocycles. The molecule has 0 bridgehead atoms. The number of nitrogens with two attached hydrogens (primary N) is 1. The third-order valence-corrected chi connectivity index (χ3v) is 2.12. The van der Waals surface area contributed by atoms with Gasteiger partial charge in [-0.3, -0.25) is 10.1 Å². The maximum absolute atomic E-state index is 11.4. The number of ether oxygens (including phenoxy) is 1. The molecule has 7 heteroatoms. The van der Waals surface area contributed by atoms with E-state index in [1.54, 1.807) is 6.92 Å². The molecule has 0 aliphatic heterocycles. The Labute approximate surface area is 96.1 Å². The van der Waals surface area contributed by atoms with Gasteiger partial charge in [-0.15, -0.1) is 0 Å². The van der Waals surface area contributed by atoms with Gasteiger partial charge >= 0.3 is 5.97 Å². The largest absolute Gasteiger partial charge is 0.462 e. The molecule has 1 aromatic rings. The molecule has 2 N–H and O–H groups in total. The molecular weight excluding hydrogens is 236 g/mol. The van der Waals surface area contributed by atoms with E-state index in [-0.39, 0.29) is 28.6 Å². The molecule has 0 saturated carbocycles. The third-order valence-electron chi connectivity index (χ3n) is 1.81. The van der Waals surface area contributed by atoms with Crippen LogP contribution in [0.4, 0.5) is 11.4 Å². The number of carbonyl (C=O) groups excluding carboxylic acids is 1.